The average Bonchev–Trinajstić information content (AvgIpc) is 3.03. The van der Waals surface area contributed by atoms with Crippen molar-refractivity contribution in [3.63, 3.8) is 0 Å². The molecular weight excluding hydrogens is 308 g/mol. The fourth-order valence-corrected chi connectivity index (χ4v) is 2.88. The van der Waals surface area contributed by atoms with Crippen molar-refractivity contribution in [2.45, 2.75) is 6.92 Å². The van der Waals surface area contributed by atoms with Gasteiger partial charge in [0.25, 0.3) is 0 Å². The molecule has 1 aromatic carbocycles. The van der Waals surface area contributed by atoms with Gasteiger partial charge in [-0.1, -0.05) is 35.6 Å². The van der Waals surface area contributed by atoms with Gasteiger partial charge in [0.1, 0.15) is 11.8 Å². The maximum atomic E-state index is 12.5. The minimum Gasteiger partial charge on any atom is -0.331 e. The molecule has 0 radical (unpaired) electrons. The van der Waals surface area contributed by atoms with Crippen molar-refractivity contribution in [1.29, 1.82) is 5.26 Å². The maximum absolute atomic E-state index is 12.5. The molecule has 0 aliphatic heterocycles. The largest absolute Gasteiger partial charge is 0.331 e. The van der Waals surface area contributed by atoms with Gasteiger partial charge in [0.05, 0.1) is 11.1 Å². The second-order valence-corrected chi connectivity index (χ2v) is 5.87. The number of benzene rings is 1. The van der Waals surface area contributed by atoms with Crippen LogP contribution in [0.5, 0.6) is 0 Å². The Morgan fingerprint density at radius 3 is 2.87 bits per heavy atom. The van der Waals surface area contributed by atoms with E-state index in [1.165, 1.54) is 11.3 Å². The van der Waals surface area contributed by atoms with Gasteiger partial charge in [-0.05, 0) is 24.6 Å². The molecule has 23 heavy (non-hydrogen) atoms. The van der Waals surface area contributed by atoms with Crippen LogP contribution < -0.4 is 5.32 Å². The molecule has 0 aliphatic rings. The lowest BCUT2D eigenvalue weighted by Crippen LogP contribution is -2.00. The molecule has 0 atom stereocenters. The van der Waals surface area contributed by atoms with Crippen molar-refractivity contribution in [2.24, 2.45) is 0 Å². The first-order valence-corrected chi connectivity index (χ1v) is 7.68. The van der Waals surface area contributed by atoms with Crippen LogP contribution >= 0.6 is 11.3 Å². The summed E-state index contributed by atoms with van der Waals surface area (Å²) in [5, 5.41) is 12.5. The Kier molecular flexibility index (Phi) is 4.13. The standard InChI is InChI=1S/C17H12N4OS/c1-11-4-2-3-5-14(11)16(22)15-10-20-17(23-15)21-12-6-7-19-13(8-12)9-18/h2-8,10H,1H3,(H,19,20,21). The molecule has 5 nitrogen and oxygen atoms in total. The molecule has 0 saturated carbocycles. The Morgan fingerprint density at radius 1 is 1.26 bits per heavy atom. The number of nitriles is 1. The minimum atomic E-state index is -0.0407. The van der Waals surface area contributed by atoms with Crippen LogP contribution in [0.15, 0.2) is 48.8 Å². The lowest BCUT2D eigenvalue weighted by Gasteiger charge is -2.02. The van der Waals surface area contributed by atoms with E-state index in [1.807, 2.05) is 37.3 Å². The third-order valence-electron chi connectivity index (χ3n) is 3.24. The smallest absolute Gasteiger partial charge is 0.204 e. The van der Waals surface area contributed by atoms with E-state index < -0.39 is 0 Å². The number of rotatable bonds is 4. The Labute approximate surface area is 137 Å². The molecule has 0 unspecified atom stereocenters. The summed E-state index contributed by atoms with van der Waals surface area (Å²) in [7, 11) is 0. The maximum Gasteiger partial charge on any atom is 0.204 e. The number of thiazole rings is 1. The van der Waals surface area contributed by atoms with Crippen LogP contribution in [0, 0.1) is 18.3 Å². The van der Waals surface area contributed by atoms with Gasteiger partial charge in [0.2, 0.25) is 5.78 Å². The summed E-state index contributed by atoms with van der Waals surface area (Å²) in [5.41, 5.74) is 2.65. The SMILES string of the molecule is Cc1ccccc1C(=O)c1cnc(Nc2ccnc(C#N)c2)s1. The van der Waals surface area contributed by atoms with Crippen LogP contribution in [0.4, 0.5) is 10.8 Å². The summed E-state index contributed by atoms with van der Waals surface area (Å²) in [5.74, 6) is -0.0407. The van der Waals surface area contributed by atoms with Crippen molar-refractivity contribution in [3.8, 4) is 6.07 Å². The average molecular weight is 320 g/mol. The molecule has 0 aliphatic carbocycles. The van der Waals surface area contributed by atoms with E-state index >= 15 is 0 Å². The number of anilines is 2. The third kappa shape index (κ3) is 3.25. The Balaban J connectivity index is 1.82. The number of hydrogen-bond acceptors (Lipinski definition) is 6. The number of nitrogens with one attached hydrogen (secondary N) is 1. The number of carbonyl (C=O) groups is 1. The van der Waals surface area contributed by atoms with Crippen LogP contribution in [-0.4, -0.2) is 15.8 Å². The Bertz CT molecular complexity index is 911. The highest BCUT2D eigenvalue weighted by Gasteiger charge is 2.14. The number of aryl methyl sites for hydroxylation is 1. The molecule has 6 heteroatoms. The zero-order valence-electron chi connectivity index (χ0n) is 12.3. The first-order valence-electron chi connectivity index (χ1n) is 6.86. The quantitative estimate of drug-likeness (QED) is 0.742. The number of pyridine rings is 1. The predicted octanol–water partition coefficient (Wildman–Crippen LogP) is 3.69. The van der Waals surface area contributed by atoms with Gasteiger partial charge in [-0.15, -0.1) is 0 Å². The van der Waals surface area contributed by atoms with E-state index in [4.69, 9.17) is 5.26 Å². The highest BCUT2D eigenvalue weighted by Crippen LogP contribution is 2.25. The molecule has 0 spiro atoms. The normalized spacial score (nSPS) is 10.1. The van der Waals surface area contributed by atoms with E-state index in [-0.39, 0.29) is 5.78 Å². The van der Waals surface area contributed by atoms with Crippen molar-refractivity contribution in [2.75, 3.05) is 5.32 Å². The molecule has 2 heterocycles. The van der Waals surface area contributed by atoms with Crippen molar-refractivity contribution < 1.29 is 4.79 Å². The van der Waals surface area contributed by atoms with Crippen molar-refractivity contribution in [1.82, 2.24) is 9.97 Å². The lowest BCUT2D eigenvalue weighted by atomic mass is 10.0. The molecule has 0 amide bonds. The van der Waals surface area contributed by atoms with Gasteiger partial charge in [-0.25, -0.2) is 9.97 Å². The fourth-order valence-electron chi connectivity index (χ4n) is 2.09. The number of hydrogen-bond donors (Lipinski definition) is 1. The predicted molar refractivity (Wildman–Crippen MR) is 89.0 cm³/mol. The van der Waals surface area contributed by atoms with Gasteiger partial charge < -0.3 is 5.32 Å². The number of carbonyl (C=O) groups excluding carboxylic acids is 1. The van der Waals surface area contributed by atoms with Crippen molar-refractivity contribution >= 4 is 27.9 Å². The van der Waals surface area contributed by atoms with Crippen LogP contribution in [0.1, 0.15) is 26.5 Å². The summed E-state index contributed by atoms with van der Waals surface area (Å²) in [6.45, 7) is 1.91. The number of nitrogens with zero attached hydrogens (tertiary/aromatic N) is 3. The zero-order chi connectivity index (χ0) is 16.2. The summed E-state index contributed by atoms with van der Waals surface area (Å²) in [4.78, 5) is 21.2. The molecule has 3 rings (SSSR count). The van der Waals surface area contributed by atoms with Gasteiger partial charge >= 0.3 is 0 Å². The molecule has 112 valence electrons. The molecule has 0 bridgehead atoms. The van der Waals surface area contributed by atoms with E-state index in [0.717, 1.165) is 5.56 Å². The van der Waals surface area contributed by atoms with Crippen LogP contribution in [-0.2, 0) is 0 Å². The molecule has 0 fully saturated rings. The van der Waals surface area contributed by atoms with Crippen LogP contribution in [0.3, 0.4) is 0 Å². The fraction of sp³-hybridized carbons (Fsp3) is 0.0588. The molecule has 0 saturated heterocycles. The van der Waals surface area contributed by atoms with Gasteiger partial charge in [-0.3, -0.25) is 4.79 Å². The van der Waals surface area contributed by atoms with Gasteiger partial charge in [0, 0.05) is 17.4 Å². The van der Waals surface area contributed by atoms with E-state index in [1.54, 1.807) is 24.5 Å². The summed E-state index contributed by atoms with van der Waals surface area (Å²) >= 11 is 1.28. The van der Waals surface area contributed by atoms with Gasteiger partial charge in [0.15, 0.2) is 5.13 Å². The molecule has 2 aromatic heterocycles. The molecular formula is C17H12N4OS. The first-order chi connectivity index (χ1) is 11.2. The van der Waals surface area contributed by atoms with Crippen LogP contribution in [0.2, 0.25) is 0 Å². The topological polar surface area (TPSA) is 78.7 Å². The summed E-state index contributed by atoms with van der Waals surface area (Å²) < 4.78 is 0. The molecule has 1 N–H and O–H groups in total. The second-order valence-electron chi connectivity index (χ2n) is 4.84. The summed E-state index contributed by atoms with van der Waals surface area (Å²) in [6, 6.07) is 12.8. The first kappa shape index (κ1) is 14.9. The van der Waals surface area contributed by atoms with E-state index in [0.29, 0.717) is 27.0 Å². The zero-order valence-corrected chi connectivity index (χ0v) is 13.1. The van der Waals surface area contributed by atoms with E-state index in [2.05, 4.69) is 15.3 Å². The third-order valence-corrected chi connectivity index (χ3v) is 4.16. The van der Waals surface area contributed by atoms with Crippen LogP contribution in [0.25, 0.3) is 0 Å². The highest BCUT2D eigenvalue weighted by molar-refractivity contribution is 7.17. The molecule has 3 aromatic rings. The van der Waals surface area contributed by atoms with Crippen molar-refractivity contribution in [3.05, 3.63) is 70.5 Å². The number of aromatic nitrogens is 2. The monoisotopic (exact) mass is 320 g/mol. The Morgan fingerprint density at radius 2 is 2.09 bits per heavy atom. The van der Waals surface area contributed by atoms with E-state index in [9.17, 15) is 4.79 Å². The Hall–Kier alpha value is -3.04. The lowest BCUT2D eigenvalue weighted by molar-refractivity contribution is 0.104. The number of ketones is 1. The highest BCUT2D eigenvalue weighted by atomic mass is 32.1. The second kappa shape index (κ2) is 6.38. The minimum absolute atomic E-state index is 0.0407. The summed E-state index contributed by atoms with van der Waals surface area (Å²) in [6.07, 6.45) is 3.11. The van der Waals surface area contributed by atoms with Gasteiger partial charge in [-0.2, -0.15) is 5.26 Å².